The third-order valence-corrected chi connectivity index (χ3v) is 5.28. The van der Waals surface area contributed by atoms with Gasteiger partial charge in [0.1, 0.15) is 0 Å². The van der Waals surface area contributed by atoms with Crippen LogP contribution in [0.15, 0.2) is 12.1 Å². The number of ether oxygens (including phenoxy) is 2. The second-order valence-electron chi connectivity index (χ2n) is 5.43. The second kappa shape index (κ2) is 6.10. The maximum absolute atomic E-state index is 5.94. The van der Waals surface area contributed by atoms with E-state index in [1.807, 2.05) is 6.07 Å². The van der Waals surface area contributed by atoms with Gasteiger partial charge in [-0.1, -0.05) is 11.6 Å². The molecule has 5 heteroatoms. The number of hydrogen-bond acceptors (Lipinski definition) is 4. The molecule has 0 aliphatic carbocycles. The zero-order valence-corrected chi connectivity index (χ0v) is 12.6. The summed E-state index contributed by atoms with van der Waals surface area (Å²) in [6.07, 6.45) is 4.29. The smallest absolute Gasteiger partial charge is 0.0951 e. The van der Waals surface area contributed by atoms with Gasteiger partial charge < -0.3 is 14.8 Å². The molecule has 106 valence electrons. The predicted octanol–water partition coefficient (Wildman–Crippen LogP) is 2.87. The van der Waals surface area contributed by atoms with Gasteiger partial charge in [-0.3, -0.25) is 0 Å². The van der Waals surface area contributed by atoms with Gasteiger partial charge in [0.05, 0.1) is 16.5 Å². The van der Waals surface area contributed by atoms with E-state index in [1.54, 1.807) is 11.3 Å². The van der Waals surface area contributed by atoms with E-state index in [-0.39, 0.29) is 5.60 Å². The molecular weight excluding hydrogens is 282 g/mol. The lowest BCUT2D eigenvalue weighted by atomic mass is 9.89. The van der Waals surface area contributed by atoms with E-state index in [1.165, 1.54) is 4.88 Å². The molecule has 1 aromatic heterocycles. The highest BCUT2D eigenvalue weighted by Gasteiger charge is 2.40. The molecule has 19 heavy (non-hydrogen) atoms. The number of thiophene rings is 1. The van der Waals surface area contributed by atoms with E-state index in [4.69, 9.17) is 21.1 Å². The number of rotatable bonds is 4. The van der Waals surface area contributed by atoms with Crippen molar-refractivity contribution >= 4 is 22.9 Å². The first-order chi connectivity index (χ1) is 9.26. The van der Waals surface area contributed by atoms with Gasteiger partial charge in [-0.2, -0.15) is 0 Å². The molecule has 2 unspecified atom stereocenters. The molecule has 1 N–H and O–H groups in total. The number of nitrogens with one attached hydrogen (secondary N) is 1. The van der Waals surface area contributed by atoms with Crippen molar-refractivity contribution in [3.8, 4) is 0 Å². The summed E-state index contributed by atoms with van der Waals surface area (Å²) in [7, 11) is 0. The summed E-state index contributed by atoms with van der Waals surface area (Å²) in [6, 6.07) is 4.65. The molecule has 2 fully saturated rings. The molecule has 0 radical (unpaired) electrons. The van der Waals surface area contributed by atoms with Crippen LogP contribution in [0.1, 0.15) is 24.1 Å². The number of halogens is 1. The van der Waals surface area contributed by atoms with Crippen molar-refractivity contribution in [2.24, 2.45) is 0 Å². The lowest BCUT2D eigenvalue weighted by Crippen LogP contribution is -2.47. The third kappa shape index (κ3) is 3.50. The molecule has 3 heterocycles. The van der Waals surface area contributed by atoms with Crippen molar-refractivity contribution in [3.63, 3.8) is 0 Å². The van der Waals surface area contributed by atoms with E-state index in [0.717, 1.165) is 56.4 Å². The van der Waals surface area contributed by atoms with Crippen molar-refractivity contribution in [2.75, 3.05) is 26.4 Å². The molecule has 3 rings (SSSR count). The molecule has 2 saturated heterocycles. The molecule has 2 aliphatic rings. The normalized spacial score (nSPS) is 31.1. The van der Waals surface area contributed by atoms with Crippen molar-refractivity contribution in [2.45, 2.75) is 37.3 Å². The zero-order valence-electron chi connectivity index (χ0n) is 11.0. The summed E-state index contributed by atoms with van der Waals surface area (Å²) >= 11 is 7.61. The van der Waals surface area contributed by atoms with Gasteiger partial charge in [0.25, 0.3) is 0 Å². The first-order valence-electron chi connectivity index (χ1n) is 6.95. The molecule has 3 nitrogen and oxygen atoms in total. The molecule has 0 saturated carbocycles. The fourth-order valence-corrected chi connectivity index (χ4v) is 4.04. The Morgan fingerprint density at radius 2 is 2.37 bits per heavy atom. The Labute approximate surface area is 123 Å². The van der Waals surface area contributed by atoms with E-state index in [0.29, 0.717) is 6.04 Å². The highest BCUT2D eigenvalue weighted by Crippen LogP contribution is 2.32. The minimum absolute atomic E-state index is 0.00214. The Morgan fingerprint density at radius 3 is 3.11 bits per heavy atom. The highest BCUT2D eigenvalue weighted by atomic mass is 35.5. The summed E-state index contributed by atoms with van der Waals surface area (Å²) in [5.74, 6) is 0. The molecule has 2 aliphatic heterocycles. The highest BCUT2D eigenvalue weighted by molar-refractivity contribution is 7.16. The monoisotopic (exact) mass is 301 g/mol. The van der Waals surface area contributed by atoms with Gasteiger partial charge in [-0.25, -0.2) is 0 Å². The fourth-order valence-electron chi connectivity index (χ4n) is 2.95. The topological polar surface area (TPSA) is 30.5 Å². The van der Waals surface area contributed by atoms with Gasteiger partial charge in [0.15, 0.2) is 0 Å². The minimum atomic E-state index is 0.00214. The summed E-state index contributed by atoms with van der Waals surface area (Å²) in [4.78, 5) is 1.35. The lowest BCUT2D eigenvalue weighted by Gasteiger charge is -2.37. The van der Waals surface area contributed by atoms with Crippen LogP contribution < -0.4 is 5.32 Å². The molecule has 1 aromatic rings. The van der Waals surface area contributed by atoms with Gasteiger partial charge in [-0.15, -0.1) is 11.3 Å². The van der Waals surface area contributed by atoms with Crippen LogP contribution in [0.5, 0.6) is 0 Å². The maximum Gasteiger partial charge on any atom is 0.0951 e. The number of hydrogen-bond donors (Lipinski definition) is 1. The quantitative estimate of drug-likeness (QED) is 0.927. The van der Waals surface area contributed by atoms with Gasteiger partial charge in [0.2, 0.25) is 0 Å². The Hall–Kier alpha value is -0.130. The van der Waals surface area contributed by atoms with Crippen molar-refractivity contribution in [1.82, 2.24) is 5.32 Å². The third-order valence-electron chi connectivity index (χ3n) is 3.99. The molecule has 2 atom stereocenters. The average Bonchev–Trinajstić information content (AvgIpc) is 3.00. The van der Waals surface area contributed by atoms with Crippen LogP contribution in [0.2, 0.25) is 4.34 Å². The van der Waals surface area contributed by atoms with E-state index >= 15 is 0 Å². The van der Waals surface area contributed by atoms with Gasteiger partial charge in [0, 0.05) is 37.1 Å². The van der Waals surface area contributed by atoms with Crippen molar-refractivity contribution in [1.29, 1.82) is 0 Å². The summed E-state index contributed by atoms with van der Waals surface area (Å²) in [5, 5.41) is 3.66. The van der Waals surface area contributed by atoms with Gasteiger partial charge >= 0.3 is 0 Å². The van der Waals surface area contributed by atoms with E-state index in [9.17, 15) is 0 Å². The minimum Gasteiger partial charge on any atom is -0.378 e. The first-order valence-corrected chi connectivity index (χ1v) is 8.15. The van der Waals surface area contributed by atoms with E-state index < -0.39 is 0 Å². The first kappa shape index (κ1) is 13.8. The van der Waals surface area contributed by atoms with Crippen LogP contribution in [-0.2, 0) is 15.9 Å². The fraction of sp³-hybridized carbons (Fsp3) is 0.714. The molecule has 1 spiro atoms. The lowest BCUT2D eigenvalue weighted by molar-refractivity contribution is -0.0891. The van der Waals surface area contributed by atoms with E-state index in [2.05, 4.69) is 11.4 Å². The van der Waals surface area contributed by atoms with Crippen LogP contribution in [-0.4, -0.2) is 38.0 Å². The van der Waals surface area contributed by atoms with Gasteiger partial charge in [-0.05, 0) is 31.4 Å². The van der Waals surface area contributed by atoms with Crippen LogP contribution >= 0.6 is 22.9 Å². The maximum atomic E-state index is 5.94. The summed E-state index contributed by atoms with van der Waals surface area (Å²) in [5.41, 5.74) is 0.00214. The largest absolute Gasteiger partial charge is 0.378 e. The van der Waals surface area contributed by atoms with Crippen LogP contribution in [0.4, 0.5) is 0 Å². The SMILES string of the molecule is Clc1ccc(CCNC2CCOC3(CCOC3)C2)s1. The zero-order chi connectivity index (χ0) is 13.1. The predicted molar refractivity (Wildman–Crippen MR) is 78.2 cm³/mol. The van der Waals surface area contributed by atoms with Crippen LogP contribution in [0.25, 0.3) is 0 Å². The average molecular weight is 302 g/mol. The Morgan fingerprint density at radius 1 is 1.42 bits per heavy atom. The molecule has 0 aromatic carbocycles. The van der Waals surface area contributed by atoms with Crippen LogP contribution in [0, 0.1) is 0 Å². The van der Waals surface area contributed by atoms with Crippen molar-refractivity contribution in [3.05, 3.63) is 21.3 Å². The Balaban J connectivity index is 1.45. The molecular formula is C14H20ClNO2S. The summed E-state index contributed by atoms with van der Waals surface area (Å²) in [6.45, 7) is 3.48. The Kier molecular flexibility index (Phi) is 4.44. The Bertz CT molecular complexity index is 417. The van der Waals surface area contributed by atoms with Crippen LogP contribution in [0.3, 0.4) is 0 Å². The molecule has 0 amide bonds. The molecule has 0 bridgehead atoms. The summed E-state index contributed by atoms with van der Waals surface area (Å²) < 4.78 is 12.3. The second-order valence-corrected chi connectivity index (χ2v) is 7.23. The standard InChI is InChI=1S/C14H20ClNO2S/c15-13-2-1-12(19-13)3-6-16-11-4-7-18-14(9-11)5-8-17-10-14/h1-2,11,16H,3-10H2. The van der Waals surface area contributed by atoms with Crippen molar-refractivity contribution < 1.29 is 9.47 Å².